The SMILES string of the molecule is Cc1nc(OCCOC(C)(C)C)ccc1CNC1CC1. The number of nitrogens with zero attached hydrogens (tertiary/aromatic N) is 1. The number of nitrogens with one attached hydrogen (secondary N) is 1. The molecular weight excluding hydrogens is 252 g/mol. The Hall–Kier alpha value is -1.13. The molecule has 1 fully saturated rings. The van der Waals surface area contributed by atoms with Crippen molar-refractivity contribution < 1.29 is 9.47 Å². The third kappa shape index (κ3) is 5.47. The minimum atomic E-state index is -0.120. The molecule has 20 heavy (non-hydrogen) atoms. The van der Waals surface area contributed by atoms with Crippen molar-refractivity contribution in [1.29, 1.82) is 0 Å². The van der Waals surface area contributed by atoms with E-state index in [2.05, 4.69) is 16.4 Å². The summed E-state index contributed by atoms with van der Waals surface area (Å²) in [6, 6.07) is 4.76. The van der Waals surface area contributed by atoms with E-state index >= 15 is 0 Å². The van der Waals surface area contributed by atoms with Gasteiger partial charge in [0, 0.05) is 24.3 Å². The lowest BCUT2D eigenvalue weighted by atomic mass is 10.2. The molecule has 0 amide bonds. The van der Waals surface area contributed by atoms with Gasteiger partial charge in [-0.2, -0.15) is 0 Å². The largest absolute Gasteiger partial charge is 0.475 e. The summed E-state index contributed by atoms with van der Waals surface area (Å²) in [7, 11) is 0. The van der Waals surface area contributed by atoms with Gasteiger partial charge in [-0.25, -0.2) is 4.98 Å². The molecule has 0 unspecified atom stereocenters. The Kier molecular flexibility index (Phi) is 5.00. The zero-order valence-corrected chi connectivity index (χ0v) is 13.0. The van der Waals surface area contributed by atoms with Gasteiger partial charge in [-0.05, 0) is 46.1 Å². The average molecular weight is 278 g/mol. The third-order valence-corrected chi connectivity index (χ3v) is 3.20. The summed E-state index contributed by atoms with van der Waals surface area (Å²) in [5, 5.41) is 3.50. The molecule has 1 saturated carbocycles. The van der Waals surface area contributed by atoms with Gasteiger partial charge < -0.3 is 14.8 Å². The first-order valence-electron chi connectivity index (χ1n) is 7.41. The van der Waals surface area contributed by atoms with Crippen molar-refractivity contribution >= 4 is 0 Å². The average Bonchev–Trinajstić information content (AvgIpc) is 3.16. The van der Waals surface area contributed by atoms with Gasteiger partial charge in [0.1, 0.15) is 6.61 Å². The van der Waals surface area contributed by atoms with Crippen LogP contribution in [0, 0.1) is 6.92 Å². The van der Waals surface area contributed by atoms with E-state index in [1.54, 1.807) is 0 Å². The van der Waals surface area contributed by atoms with Crippen LogP contribution in [0.2, 0.25) is 0 Å². The highest BCUT2D eigenvalue weighted by Gasteiger charge is 2.20. The summed E-state index contributed by atoms with van der Waals surface area (Å²) >= 11 is 0. The monoisotopic (exact) mass is 278 g/mol. The topological polar surface area (TPSA) is 43.4 Å². The van der Waals surface area contributed by atoms with Crippen LogP contribution in [0.15, 0.2) is 12.1 Å². The normalized spacial score (nSPS) is 15.4. The Balaban J connectivity index is 1.76. The highest BCUT2D eigenvalue weighted by Crippen LogP contribution is 2.20. The number of ether oxygens (including phenoxy) is 2. The fourth-order valence-corrected chi connectivity index (χ4v) is 1.87. The predicted octanol–water partition coefficient (Wildman–Crippen LogP) is 2.84. The van der Waals surface area contributed by atoms with Crippen LogP contribution in [0.1, 0.15) is 44.9 Å². The lowest BCUT2D eigenvalue weighted by Crippen LogP contribution is -2.22. The molecule has 0 aliphatic heterocycles. The van der Waals surface area contributed by atoms with Crippen molar-refractivity contribution in [1.82, 2.24) is 10.3 Å². The van der Waals surface area contributed by atoms with E-state index < -0.39 is 0 Å². The number of rotatable bonds is 7. The molecule has 4 heteroatoms. The Morgan fingerprint density at radius 2 is 2.00 bits per heavy atom. The molecule has 1 aliphatic carbocycles. The molecule has 0 bridgehead atoms. The number of hydrogen-bond donors (Lipinski definition) is 1. The summed E-state index contributed by atoms with van der Waals surface area (Å²) in [4.78, 5) is 4.49. The fraction of sp³-hybridized carbons (Fsp3) is 0.688. The molecule has 112 valence electrons. The van der Waals surface area contributed by atoms with E-state index in [0.717, 1.165) is 18.3 Å². The van der Waals surface area contributed by atoms with Gasteiger partial charge in [0.05, 0.1) is 12.2 Å². The highest BCUT2D eigenvalue weighted by molar-refractivity contribution is 5.25. The van der Waals surface area contributed by atoms with Crippen LogP contribution < -0.4 is 10.1 Å². The van der Waals surface area contributed by atoms with Gasteiger partial charge >= 0.3 is 0 Å². The zero-order chi connectivity index (χ0) is 14.6. The molecule has 0 aromatic carbocycles. The third-order valence-electron chi connectivity index (χ3n) is 3.20. The Morgan fingerprint density at radius 3 is 2.60 bits per heavy atom. The molecule has 0 saturated heterocycles. The van der Waals surface area contributed by atoms with Gasteiger partial charge in [-0.3, -0.25) is 0 Å². The summed E-state index contributed by atoms with van der Waals surface area (Å²) in [6.45, 7) is 10.2. The van der Waals surface area contributed by atoms with Crippen molar-refractivity contribution in [3.63, 3.8) is 0 Å². The predicted molar refractivity (Wildman–Crippen MR) is 80.0 cm³/mol. The quantitative estimate of drug-likeness (QED) is 0.779. The number of pyridine rings is 1. The smallest absolute Gasteiger partial charge is 0.213 e. The van der Waals surface area contributed by atoms with Crippen molar-refractivity contribution in [2.75, 3.05) is 13.2 Å². The lowest BCUT2D eigenvalue weighted by molar-refractivity contribution is -0.0168. The molecule has 1 heterocycles. The molecule has 1 aromatic heterocycles. The van der Waals surface area contributed by atoms with Gasteiger partial charge in [-0.15, -0.1) is 0 Å². The standard InChI is InChI=1S/C16H26N2O2/c1-12-13(11-17-14-6-7-14)5-8-15(18-12)19-9-10-20-16(2,3)4/h5,8,14,17H,6-7,9-11H2,1-4H3. The summed E-state index contributed by atoms with van der Waals surface area (Å²) in [5.74, 6) is 0.676. The van der Waals surface area contributed by atoms with E-state index in [4.69, 9.17) is 9.47 Å². The molecule has 0 spiro atoms. The van der Waals surface area contributed by atoms with Gasteiger partial charge in [0.25, 0.3) is 0 Å². The van der Waals surface area contributed by atoms with Crippen molar-refractivity contribution in [3.05, 3.63) is 23.4 Å². The van der Waals surface area contributed by atoms with E-state index in [-0.39, 0.29) is 5.60 Å². The van der Waals surface area contributed by atoms with E-state index in [1.807, 2.05) is 33.8 Å². The van der Waals surface area contributed by atoms with E-state index in [1.165, 1.54) is 18.4 Å². The van der Waals surface area contributed by atoms with E-state index in [0.29, 0.717) is 19.1 Å². The van der Waals surface area contributed by atoms with Gasteiger partial charge in [0.2, 0.25) is 5.88 Å². The molecule has 0 atom stereocenters. The van der Waals surface area contributed by atoms with Crippen LogP contribution in [0.3, 0.4) is 0 Å². The van der Waals surface area contributed by atoms with Crippen molar-refractivity contribution in [2.45, 2.75) is 58.7 Å². The molecular formula is C16H26N2O2. The second-order valence-electron chi connectivity index (χ2n) is 6.36. The first-order valence-corrected chi connectivity index (χ1v) is 7.41. The Bertz CT molecular complexity index is 437. The van der Waals surface area contributed by atoms with Crippen LogP contribution >= 0.6 is 0 Å². The van der Waals surface area contributed by atoms with Crippen LogP contribution in [0.25, 0.3) is 0 Å². The molecule has 1 N–H and O–H groups in total. The lowest BCUT2D eigenvalue weighted by Gasteiger charge is -2.19. The highest BCUT2D eigenvalue weighted by atomic mass is 16.5. The zero-order valence-electron chi connectivity index (χ0n) is 13.0. The van der Waals surface area contributed by atoms with Gasteiger partial charge in [-0.1, -0.05) is 6.07 Å². The summed E-state index contributed by atoms with van der Waals surface area (Å²) in [6.07, 6.45) is 2.61. The number of hydrogen-bond acceptors (Lipinski definition) is 4. The van der Waals surface area contributed by atoms with Gasteiger partial charge in [0.15, 0.2) is 0 Å². The summed E-state index contributed by atoms with van der Waals surface area (Å²) in [5.41, 5.74) is 2.16. The fourth-order valence-electron chi connectivity index (χ4n) is 1.87. The first kappa shape index (κ1) is 15.3. The number of aryl methyl sites for hydroxylation is 1. The van der Waals surface area contributed by atoms with Crippen molar-refractivity contribution in [3.8, 4) is 5.88 Å². The Labute approximate surface area is 121 Å². The van der Waals surface area contributed by atoms with Crippen LogP contribution in [0.4, 0.5) is 0 Å². The minimum Gasteiger partial charge on any atom is -0.475 e. The summed E-state index contributed by atoms with van der Waals surface area (Å²) < 4.78 is 11.2. The maximum atomic E-state index is 5.62. The molecule has 2 rings (SSSR count). The first-order chi connectivity index (χ1) is 9.44. The second kappa shape index (κ2) is 6.55. The Morgan fingerprint density at radius 1 is 1.25 bits per heavy atom. The second-order valence-corrected chi connectivity index (χ2v) is 6.36. The number of aromatic nitrogens is 1. The van der Waals surface area contributed by atoms with E-state index in [9.17, 15) is 0 Å². The van der Waals surface area contributed by atoms with Crippen molar-refractivity contribution in [2.24, 2.45) is 0 Å². The maximum Gasteiger partial charge on any atom is 0.213 e. The molecule has 1 aromatic rings. The van der Waals surface area contributed by atoms with Crippen LogP contribution in [0.5, 0.6) is 5.88 Å². The van der Waals surface area contributed by atoms with Crippen LogP contribution in [-0.2, 0) is 11.3 Å². The maximum absolute atomic E-state index is 5.62. The molecule has 1 aliphatic rings. The molecule has 0 radical (unpaired) electrons. The van der Waals surface area contributed by atoms with Crippen LogP contribution in [-0.4, -0.2) is 29.8 Å². The molecule has 4 nitrogen and oxygen atoms in total. The minimum absolute atomic E-state index is 0.120.